The van der Waals surface area contributed by atoms with Crippen molar-refractivity contribution in [3.63, 3.8) is 0 Å². The van der Waals surface area contributed by atoms with E-state index in [1.165, 1.54) is 6.08 Å². The first-order valence-electron chi connectivity index (χ1n) is 5.86. The van der Waals surface area contributed by atoms with Gasteiger partial charge in [-0.05, 0) is 19.1 Å². The van der Waals surface area contributed by atoms with Crippen molar-refractivity contribution in [3.8, 4) is 5.75 Å². The third-order valence-corrected chi connectivity index (χ3v) is 2.42. The van der Waals surface area contributed by atoms with Gasteiger partial charge in [0.05, 0.1) is 19.4 Å². The van der Waals surface area contributed by atoms with E-state index in [4.69, 9.17) is 9.47 Å². The van der Waals surface area contributed by atoms with Gasteiger partial charge in [-0.25, -0.2) is 4.79 Å². The number of nitrogens with zero attached hydrogens (tertiary/aromatic N) is 1. The fraction of sp³-hybridized carbons (Fsp3) is 0.357. The summed E-state index contributed by atoms with van der Waals surface area (Å²) < 4.78 is 10.1. The molecule has 18 heavy (non-hydrogen) atoms. The number of hydrogen-bond donors (Lipinski definition) is 0. The topological polar surface area (TPSA) is 38.8 Å². The van der Waals surface area contributed by atoms with Gasteiger partial charge in [-0.15, -0.1) is 0 Å². The molecule has 4 nitrogen and oxygen atoms in total. The number of methoxy groups -OCH3 is 1. The Hall–Kier alpha value is -1.97. The first-order valence-corrected chi connectivity index (χ1v) is 5.86. The highest BCUT2D eigenvalue weighted by Crippen LogP contribution is 2.26. The normalized spacial score (nSPS) is 10.4. The Bertz CT molecular complexity index is 415. The molecule has 1 rings (SSSR count). The molecule has 0 spiro atoms. The number of likely N-dealkylation sites (N-methyl/N-ethyl adjacent to an activating group) is 1. The molecule has 1 aromatic carbocycles. The SMILES string of the molecule is CCOC(=O)/C=C/CN(C)c1ccccc1OC. The van der Waals surface area contributed by atoms with Crippen LogP contribution in [0.2, 0.25) is 0 Å². The highest BCUT2D eigenvalue weighted by molar-refractivity contribution is 5.82. The highest BCUT2D eigenvalue weighted by Gasteiger charge is 2.05. The molecule has 0 saturated heterocycles. The Morgan fingerprint density at radius 2 is 2.11 bits per heavy atom. The van der Waals surface area contributed by atoms with Gasteiger partial charge in [0.15, 0.2) is 0 Å². The van der Waals surface area contributed by atoms with Gasteiger partial charge >= 0.3 is 5.97 Å². The number of benzene rings is 1. The number of para-hydroxylation sites is 2. The summed E-state index contributed by atoms with van der Waals surface area (Å²) >= 11 is 0. The summed E-state index contributed by atoms with van der Waals surface area (Å²) in [4.78, 5) is 13.1. The van der Waals surface area contributed by atoms with Gasteiger partial charge in [0, 0.05) is 19.7 Å². The van der Waals surface area contributed by atoms with Crippen LogP contribution in [-0.2, 0) is 9.53 Å². The number of hydrogen-bond acceptors (Lipinski definition) is 4. The molecule has 0 N–H and O–H groups in total. The Balaban J connectivity index is 2.60. The molecule has 0 aromatic heterocycles. The van der Waals surface area contributed by atoms with Crippen molar-refractivity contribution < 1.29 is 14.3 Å². The summed E-state index contributed by atoms with van der Waals surface area (Å²) in [5, 5.41) is 0. The van der Waals surface area contributed by atoms with Gasteiger partial charge in [0.25, 0.3) is 0 Å². The lowest BCUT2D eigenvalue weighted by molar-refractivity contribution is -0.137. The number of rotatable bonds is 6. The molecule has 0 atom stereocenters. The van der Waals surface area contributed by atoms with Crippen molar-refractivity contribution in [1.29, 1.82) is 0 Å². The molecular formula is C14H19NO3. The Kier molecular flexibility index (Phi) is 5.77. The van der Waals surface area contributed by atoms with E-state index in [9.17, 15) is 4.79 Å². The van der Waals surface area contributed by atoms with Gasteiger partial charge in [-0.1, -0.05) is 18.2 Å². The first kappa shape index (κ1) is 14.1. The number of anilines is 1. The van der Waals surface area contributed by atoms with Gasteiger partial charge < -0.3 is 14.4 Å². The molecule has 0 saturated carbocycles. The summed E-state index contributed by atoms with van der Waals surface area (Å²) in [6, 6.07) is 7.74. The minimum absolute atomic E-state index is 0.314. The van der Waals surface area contributed by atoms with Crippen LogP contribution in [0, 0.1) is 0 Å². The van der Waals surface area contributed by atoms with E-state index in [-0.39, 0.29) is 5.97 Å². The zero-order chi connectivity index (χ0) is 13.4. The lowest BCUT2D eigenvalue weighted by Gasteiger charge is -2.19. The van der Waals surface area contributed by atoms with Crippen molar-refractivity contribution >= 4 is 11.7 Å². The molecule has 98 valence electrons. The predicted octanol–water partition coefficient (Wildman–Crippen LogP) is 2.25. The third-order valence-electron chi connectivity index (χ3n) is 2.42. The van der Waals surface area contributed by atoms with E-state index < -0.39 is 0 Å². The molecule has 0 unspecified atom stereocenters. The molecule has 1 aromatic rings. The second-order valence-corrected chi connectivity index (χ2v) is 3.71. The van der Waals surface area contributed by atoms with Gasteiger partial charge in [-0.2, -0.15) is 0 Å². The second-order valence-electron chi connectivity index (χ2n) is 3.71. The second kappa shape index (κ2) is 7.37. The summed E-state index contributed by atoms with van der Waals surface area (Å²) in [6.07, 6.45) is 3.21. The van der Waals surface area contributed by atoms with Crippen molar-refractivity contribution in [2.24, 2.45) is 0 Å². The molecule has 0 heterocycles. The Morgan fingerprint density at radius 1 is 1.39 bits per heavy atom. The smallest absolute Gasteiger partial charge is 0.330 e. The number of carbonyl (C=O) groups is 1. The third kappa shape index (κ3) is 4.13. The van der Waals surface area contributed by atoms with Crippen molar-refractivity contribution in [3.05, 3.63) is 36.4 Å². The first-order chi connectivity index (χ1) is 8.69. The van der Waals surface area contributed by atoms with Gasteiger partial charge in [0.1, 0.15) is 5.75 Å². The van der Waals surface area contributed by atoms with Crippen LogP contribution in [-0.4, -0.2) is 33.3 Å². The molecule has 0 amide bonds. The quantitative estimate of drug-likeness (QED) is 0.572. The van der Waals surface area contributed by atoms with E-state index in [1.807, 2.05) is 36.2 Å². The van der Waals surface area contributed by atoms with Crippen LogP contribution in [0.25, 0.3) is 0 Å². The van der Waals surface area contributed by atoms with Crippen LogP contribution in [0.5, 0.6) is 5.75 Å². The fourth-order valence-corrected chi connectivity index (χ4v) is 1.54. The minimum atomic E-state index is -0.314. The van der Waals surface area contributed by atoms with Crippen LogP contribution in [0.15, 0.2) is 36.4 Å². The molecule has 0 bridgehead atoms. The molecule has 0 fully saturated rings. The average Bonchev–Trinajstić information content (AvgIpc) is 2.38. The molecule has 4 heteroatoms. The zero-order valence-electron chi connectivity index (χ0n) is 11.1. The molecule has 0 aliphatic carbocycles. The summed E-state index contributed by atoms with van der Waals surface area (Å²) in [7, 11) is 3.58. The van der Waals surface area contributed by atoms with E-state index >= 15 is 0 Å². The highest BCUT2D eigenvalue weighted by atomic mass is 16.5. The van der Waals surface area contributed by atoms with Crippen molar-refractivity contribution in [2.75, 3.05) is 32.2 Å². The van der Waals surface area contributed by atoms with Crippen LogP contribution in [0.1, 0.15) is 6.92 Å². The average molecular weight is 249 g/mol. The molecule has 0 aliphatic heterocycles. The molecule has 0 aliphatic rings. The van der Waals surface area contributed by atoms with Crippen LogP contribution in [0.3, 0.4) is 0 Å². The lowest BCUT2D eigenvalue weighted by Crippen LogP contribution is -2.17. The van der Waals surface area contributed by atoms with Crippen molar-refractivity contribution in [1.82, 2.24) is 0 Å². The number of ether oxygens (including phenoxy) is 2. The van der Waals surface area contributed by atoms with Crippen LogP contribution in [0.4, 0.5) is 5.69 Å². The van der Waals surface area contributed by atoms with Gasteiger partial charge in [0.2, 0.25) is 0 Å². The largest absolute Gasteiger partial charge is 0.495 e. The Morgan fingerprint density at radius 3 is 2.78 bits per heavy atom. The summed E-state index contributed by atoms with van der Waals surface area (Å²) in [6.45, 7) is 2.79. The number of carbonyl (C=O) groups excluding carboxylic acids is 1. The molecule has 0 radical (unpaired) electrons. The van der Waals surface area contributed by atoms with E-state index in [0.29, 0.717) is 13.2 Å². The maximum atomic E-state index is 11.1. The lowest BCUT2D eigenvalue weighted by atomic mass is 10.2. The van der Waals surface area contributed by atoms with Gasteiger partial charge in [-0.3, -0.25) is 0 Å². The maximum Gasteiger partial charge on any atom is 0.330 e. The van der Waals surface area contributed by atoms with Crippen LogP contribution < -0.4 is 9.64 Å². The summed E-state index contributed by atoms with van der Waals surface area (Å²) in [5.74, 6) is 0.496. The zero-order valence-corrected chi connectivity index (χ0v) is 11.1. The molecular weight excluding hydrogens is 230 g/mol. The fourth-order valence-electron chi connectivity index (χ4n) is 1.54. The Labute approximate surface area is 108 Å². The van der Waals surface area contributed by atoms with E-state index in [1.54, 1.807) is 20.1 Å². The van der Waals surface area contributed by atoms with E-state index in [0.717, 1.165) is 11.4 Å². The monoisotopic (exact) mass is 249 g/mol. The van der Waals surface area contributed by atoms with Crippen molar-refractivity contribution in [2.45, 2.75) is 6.92 Å². The maximum absolute atomic E-state index is 11.1. The summed E-state index contributed by atoms with van der Waals surface area (Å²) in [5.41, 5.74) is 0.980. The standard InChI is InChI=1S/C14H19NO3/c1-4-18-14(16)10-7-11-15(2)12-8-5-6-9-13(12)17-3/h5-10H,4,11H2,1-3H3/b10-7+. The number of esters is 1. The van der Waals surface area contributed by atoms with E-state index in [2.05, 4.69) is 0 Å². The predicted molar refractivity (Wildman–Crippen MR) is 72.0 cm³/mol. The van der Waals surface area contributed by atoms with Crippen LogP contribution >= 0.6 is 0 Å². The minimum Gasteiger partial charge on any atom is -0.495 e.